The third kappa shape index (κ3) is 4.83. The van der Waals surface area contributed by atoms with Crippen molar-refractivity contribution in [3.63, 3.8) is 0 Å². The van der Waals surface area contributed by atoms with E-state index in [0.29, 0.717) is 11.3 Å². The topological polar surface area (TPSA) is 55.8 Å². The second-order valence-corrected chi connectivity index (χ2v) is 5.99. The number of aryl methyl sites for hydroxylation is 1. The lowest BCUT2D eigenvalue weighted by atomic mass is 10.1. The molecule has 5 heteroatoms. The van der Waals surface area contributed by atoms with Crippen molar-refractivity contribution in [2.45, 2.75) is 19.4 Å². The molecule has 0 spiro atoms. The minimum Gasteiger partial charge on any atom is -0.496 e. The van der Waals surface area contributed by atoms with E-state index < -0.39 is 12.1 Å². The maximum absolute atomic E-state index is 12.4. The van der Waals surface area contributed by atoms with Crippen molar-refractivity contribution < 1.29 is 19.1 Å². The molecule has 2 aromatic carbocycles. The van der Waals surface area contributed by atoms with E-state index in [4.69, 9.17) is 9.47 Å². The third-order valence-corrected chi connectivity index (χ3v) is 3.84. The number of likely N-dealkylation sites (N-methyl/N-ethyl adjacent to an activating group) is 1. The van der Waals surface area contributed by atoms with E-state index in [0.717, 1.165) is 11.1 Å². The lowest BCUT2D eigenvalue weighted by molar-refractivity contribution is -0.159. The summed E-state index contributed by atoms with van der Waals surface area (Å²) in [5.74, 6) is -0.0229. The molecule has 0 aliphatic heterocycles. The van der Waals surface area contributed by atoms with E-state index in [9.17, 15) is 9.59 Å². The summed E-state index contributed by atoms with van der Waals surface area (Å²) in [5, 5.41) is 0. The van der Waals surface area contributed by atoms with Crippen LogP contribution in [0.15, 0.2) is 48.5 Å². The molecule has 0 aliphatic carbocycles. The molecule has 1 atom stereocenters. The molecule has 0 aromatic heterocycles. The zero-order chi connectivity index (χ0) is 18.4. The predicted molar refractivity (Wildman–Crippen MR) is 95.4 cm³/mol. The number of carbonyl (C=O) groups is 2. The van der Waals surface area contributed by atoms with Gasteiger partial charge in [-0.3, -0.25) is 9.59 Å². The number of benzene rings is 2. The van der Waals surface area contributed by atoms with Crippen LogP contribution in [-0.4, -0.2) is 38.0 Å². The number of nitrogens with zero attached hydrogens (tertiary/aromatic N) is 1. The lowest BCUT2D eigenvalue weighted by Gasteiger charge is -2.21. The Balaban J connectivity index is 2.16. The number of esters is 1. The Morgan fingerprint density at radius 2 is 1.76 bits per heavy atom. The lowest BCUT2D eigenvalue weighted by Crippen LogP contribution is -2.31. The van der Waals surface area contributed by atoms with Crippen LogP contribution in [-0.2, 0) is 20.7 Å². The zero-order valence-electron chi connectivity index (χ0n) is 15.0. The van der Waals surface area contributed by atoms with E-state index in [1.54, 1.807) is 33.3 Å². The second kappa shape index (κ2) is 8.33. The molecule has 0 bridgehead atoms. The molecule has 0 fully saturated rings. The van der Waals surface area contributed by atoms with E-state index in [1.165, 1.54) is 4.90 Å². The molecule has 25 heavy (non-hydrogen) atoms. The van der Waals surface area contributed by atoms with Crippen LogP contribution in [0.1, 0.15) is 22.8 Å². The molecule has 5 nitrogen and oxygen atoms in total. The van der Waals surface area contributed by atoms with Crippen LogP contribution in [0, 0.1) is 6.92 Å². The Morgan fingerprint density at radius 3 is 2.36 bits per heavy atom. The standard InChI is InChI=1S/C20H23NO4/c1-14-10-11-15(12-17(14)24-4)13-18(22)25-19(20(23)21(2)3)16-8-6-5-7-9-16/h5-12,19H,13H2,1-4H3/t19-/m1/s1. The number of methoxy groups -OCH3 is 1. The minimum atomic E-state index is -0.948. The summed E-state index contributed by atoms with van der Waals surface area (Å²) < 4.78 is 10.8. The molecule has 0 N–H and O–H groups in total. The van der Waals surface area contributed by atoms with Gasteiger partial charge in [-0.2, -0.15) is 0 Å². The normalized spacial score (nSPS) is 11.5. The first-order valence-corrected chi connectivity index (χ1v) is 8.01. The van der Waals surface area contributed by atoms with Crippen LogP contribution in [0.2, 0.25) is 0 Å². The average Bonchev–Trinajstić information content (AvgIpc) is 2.61. The fraction of sp³-hybridized carbons (Fsp3) is 0.300. The van der Waals surface area contributed by atoms with E-state index in [1.807, 2.05) is 43.3 Å². The summed E-state index contributed by atoms with van der Waals surface area (Å²) >= 11 is 0. The fourth-order valence-corrected chi connectivity index (χ4v) is 2.44. The summed E-state index contributed by atoms with van der Waals surface area (Å²) in [6.07, 6.45) is -0.878. The number of ether oxygens (including phenoxy) is 2. The van der Waals surface area contributed by atoms with Crippen molar-refractivity contribution >= 4 is 11.9 Å². The van der Waals surface area contributed by atoms with Gasteiger partial charge in [-0.25, -0.2) is 0 Å². The van der Waals surface area contributed by atoms with Gasteiger partial charge in [-0.05, 0) is 24.1 Å². The van der Waals surface area contributed by atoms with Gasteiger partial charge in [-0.1, -0.05) is 42.5 Å². The smallest absolute Gasteiger partial charge is 0.311 e. The molecule has 132 valence electrons. The Morgan fingerprint density at radius 1 is 1.08 bits per heavy atom. The van der Waals surface area contributed by atoms with Crippen molar-refractivity contribution in [2.24, 2.45) is 0 Å². The van der Waals surface area contributed by atoms with Crippen LogP contribution in [0.25, 0.3) is 0 Å². The summed E-state index contributed by atoms with van der Waals surface area (Å²) in [6, 6.07) is 14.6. The number of amides is 1. The zero-order valence-corrected chi connectivity index (χ0v) is 15.0. The number of carbonyl (C=O) groups excluding carboxylic acids is 2. The second-order valence-electron chi connectivity index (χ2n) is 5.99. The highest BCUT2D eigenvalue weighted by Gasteiger charge is 2.26. The molecule has 0 aliphatic rings. The monoisotopic (exact) mass is 341 g/mol. The fourth-order valence-electron chi connectivity index (χ4n) is 2.44. The van der Waals surface area contributed by atoms with Crippen molar-refractivity contribution in [1.82, 2.24) is 4.90 Å². The maximum Gasteiger partial charge on any atom is 0.311 e. The van der Waals surface area contributed by atoms with Gasteiger partial charge in [-0.15, -0.1) is 0 Å². The molecule has 0 heterocycles. The minimum absolute atomic E-state index is 0.0701. The van der Waals surface area contributed by atoms with Crippen molar-refractivity contribution in [2.75, 3.05) is 21.2 Å². The predicted octanol–water partition coefficient (Wildman–Crippen LogP) is 2.92. The molecule has 2 aromatic rings. The molecule has 0 saturated carbocycles. The van der Waals surface area contributed by atoms with E-state index >= 15 is 0 Å². The third-order valence-electron chi connectivity index (χ3n) is 3.84. The first kappa shape index (κ1) is 18.5. The number of hydrogen-bond acceptors (Lipinski definition) is 4. The Hall–Kier alpha value is -2.82. The van der Waals surface area contributed by atoms with Crippen molar-refractivity contribution in [3.8, 4) is 5.75 Å². The SMILES string of the molecule is COc1cc(CC(=O)O[C@@H](C(=O)N(C)C)c2ccccc2)ccc1C. The average molecular weight is 341 g/mol. The van der Waals surface area contributed by atoms with Gasteiger partial charge in [0.2, 0.25) is 6.10 Å². The first-order chi connectivity index (χ1) is 11.9. The highest BCUT2D eigenvalue weighted by Crippen LogP contribution is 2.22. The molecule has 1 amide bonds. The highest BCUT2D eigenvalue weighted by molar-refractivity contribution is 5.85. The van der Waals surface area contributed by atoms with E-state index in [-0.39, 0.29) is 12.3 Å². The van der Waals surface area contributed by atoms with Crippen LogP contribution < -0.4 is 4.74 Å². The summed E-state index contributed by atoms with van der Waals surface area (Å²) in [6.45, 7) is 1.93. The van der Waals surface area contributed by atoms with Crippen molar-refractivity contribution in [3.05, 3.63) is 65.2 Å². The van der Waals surface area contributed by atoms with Gasteiger partial charge in [0.25, 0.3) is 5.91 Å². The van der Waals surface area contributed by atoms with Gasteiger partial charge in [0, 0.05) is 19.7 Å². The Labute approximate surface area is 148 Å². The molecule has 0 unspecified atom stereocenters. The molecule has 0 saturated heterocycles. The van der Waals surface area contributed by atoms with Gasteiger partial charge < -0.3 is 14.4 Å². The maximum atomic E-state index is 12.4. The first-order valence-electron chi connectivity index (χ1n) is 8.01. The quantitative estimate of drug-likeness (QED) is 0.758. The number of hydrogen-bond donors (Lipinski definition) is 0. The van der Waals surface area contributed by atoms with Crippen LogP contribution >= 0.6 is 0 Å². The van der Waals surface area contributed by atoms with Gasteiger partial charge in [0.1, 0.15) is 5.75 Å². The van der Waals surface area contributed by atoms with Gasteiger partial charge in [0.15, 0.2) is 0 Å². The molecular weight excluding hydrogens is 318 g/mol. The van der Waals surface area contributed by atoms with Gasteiger partial charge >= 0.3 is 5.97 Å². The van der Waals surface area contributed by atoms with Crippen LogP contribution in [0.3, 0.4) is 0 Å². The summed E-state index contributed by atoms with van der Waals surface area (Å²) in [5.41, 5.74) is 2.41. The van der Waals surface area contributed by atoms with Crippen LogP contribution in [0.4, 0.5) is 0 Å². The number of rotatable bonds is 6. The largest absolute Gasteiger partial charge is 0.496 e. The highest BCUT2D eigenvalue weighted by atomic mass is 16.5. The van der Waals surface area contributed by atoms with Gasteiger partial charge in [0.05, 0.1) is 13.5 Å². The Bertz CT molecular complexity index is 741. The Kier molecular flexibility index (Phi) is 6.17. The molecule has 2 rings (SSSR count). The van der Waals surface area contributed by atoms with Crippen molar-refractivity contribution in [1.29, 1.82) is 0 Å². The summed E-state index contributed by atoms with van der Waals surface area (Å²) in [4.78, 5) is 26.2. The summed E-state index contributed by atoms with van der Waals surface area (Å²) in [7, 11) is 4.86. The molecular formula is C20H23NO4. The molecule has 0 radical (unpaired) electrons. The van der Waals surface area contributed by atoms with E-state index in [2.05, 4.69) is 0 Å². The van der Waals surface area contributed by atoms with Crippen LogP contribution in [0.5, 0.6) is 5.75 Å².